The minimum Gasteiger partial charge on any atom is -0.446 e. The molecule has 4 aromatic carbocycles. The largest absolute Gasteiger partial charge is 0.446 e. The molecule has 0 aromatic heterocycles. The third-order valence-corrected chi connectivity index (χ3v) is 5.12. The summed E-state index contributed by atoms with van der Waals surface area (Å²) >= 11 is 0. The molecule has 1 heterocycles. The van der Waals surface area contributed by atoms with Gasteiger partial charge in [-0.2, -0.15) is 0 Å². The number of hydrogen-bond acceptors (Lipinski definition) is 2. The maximum absolute atomic E-state index is 12.2. The molecule has 4 aromatic rings. The fraction of sp³-hybridized carbons (Fsp3) is 0.0800. The molecule has 1 atom stereocenters. The van der Waals surface area contributed by atoms with Crippen molar-refractivity contribution in [3.63, 3.8) is 0 Å². The SMILES string of the molecule is O=C1OC[C@@H](c2ccccc2)N1C#Cc1cccc2cc3ccccc3cc12. The van der Waals surface area contributed by atoms with E-state index in [1.165, 1.54) is 15.7 Å². The minimum absolute atomic E-state index is 0.183. The van der Waals surface area contributed by atoms with E-state index >= 15 is 0 Å². The summed E-state index contributed by atoms with van der Waals surface area (Å²) in [5.41, 5.74) is 1.92. The monoisotopic (exact) mass is 363 g/mol. The number of cyclic esters (lactones) is 1. The molecule has 3 heteroatoms. The fourth-order valence-corrected chi connectivity index (χ4v) is 3.66. The van der Waals surface area contributed by atoms with Crippen LogP contribution in [0, 0.1) is 12.0 Å². The smallest absolute Gasteiger partial charge is 0.422 e. The first-order valence-corrected chi connectivity index (χ1v) is 9.24. The Morgan fingerprint density at radius 2 is 1.54 bits per heavy atom. The van der Waals surface area contributed by atoms with Crippen LogP contribution in [0.2, 0.25) is 0 Å². The number of carbonyl (C=O) groups excluding carboxylic acids is 1. The second-order valence-corrected chi connectivity index (χ2v) is 6.84. The molecule has 1 fully saturated rings. The zero-order valence-corrected chi connectivity index (χ0v) is 15.1. The Kier molecular flexibility index (Phi) is 3.96. The van der Waals surface area contributed by atoms with E-state index in [4.69, 9.17) is 4.74 Å². The molecule has 3 nitrogen and oxygen atoms in total. The van der Waals surface area contributed by atoms with Gasteiger partial charge in [0.1, 0.15) is 12.6 Å². The maximum atomic E-state index is 12.2. The Balaban J connectivity index is 1.57. The highest BCUT2D eigenvalue weighted by molar-refractivity contribution is 6.00. The maximum Gasteiger partial charge on any atom is 0.422 e. The molecule has 0 saturated carbocycles. The second-order valence-electron chi connectivity index (χ2n) is 6.84. The summed E-state index contributed by atoms with van der Waals surface area (Å²) in [6.45, 7) is 0.317. The fourth-order valence-electron chi connectivity index (χ4n) is 3.66. The Morgan fingerprint density at radius 1 is 0.821 bits per heavy atom. The van der Waals surface area contributed by atoms with Crippen LogP contribution in [0.5, 0.6) is 0 Å². The minimum atomic E-state index is -0.396. The van der Waals surface area contributed by atoms with Crippen molar-refractivity contribution >= 4 is 27.6 Å². The number of amides is 1. The van der Waals surface area contributed by atoms with Crippen molar-refractivity contribution in [2.75, 3.05) is 6.61 Å². The van der Waals surface area contributed by atoms with Gasteiger partial charge in [-0.25, -0.2) is 9.69 Å². The van der Waals surface area contributed by atoms with Gasteiger partial charge in [-0.05, 0) is 51.2 Å². The lowest BCUT2D eigenvalue weighted by Crippen LogP contribution is -2.22. The van der Waals surface area contributed by atoms with Crippen LogP contribution in [0.1, 0.15) is 17.2 Å². The molecule has 0 aliphatic carbocycles. The van der Waals surface area contributed by atoms with Gasteiger partial charge >= 0.3 is 6.09 Å². The van der Waals surface area contributed by atoms with E-state index in [2.05, 4.69) is 42.3 Å². The van der Waals surface area contributed by atoms with E-state index in [1.54, 1.807) is 0 Å². The van der Waals surface area contributed by atoms with E-state index in [0.717, 1.165) is 21.9 Å². The van der Waals surface area contributed by atoms with Gasteiger partial charge in [0.05, 0.1) is 0 Å². The quantitative estimate of drug-likeness (QED) is 0.330. The first kappa shape index (κ1) is 16.4. The lowest BCUT2D eigenvalue weighted by Gasteiger charge is -2.14. The highest BCUT2D eigenvalue weighted by Gasteiger charge is 2.33. The summed E-state index contributed by atoms with van der Waals surface area (Å²) in [4.78, 5) is 13.7. The third-order valence-electron chi connectivity index (χ3n) is 5.12. The van der Waals surface area contributed by atoms with Crippen LogP contribution in [0.25, 0.3) is 21.5 Å². The van der Waals surface area contributed by atoms with Crippen molar-refractivity contribution in [3.8, 4) is 12.0 Å². The van der Waals surface area contributed by atoms with Crippen LogP contribution in [-0.2, 0) is 4.74 Å². The van der Waals surface area contributed by atoms with Crippen LogP contribution in [-0.4, -0.2) is 17.6 Å². The molecular formula is C25H17NO2. The first-order chi connectivity index (χ1) is 13.8. The van der Waals surface area contributed by atoms with Crippen LogP contribution in [0.3, 0.4) is 0 Å². The highest BCUT2D eigenvalue weighted by Crippen LogP contribution is 2.28. The average molecular weight is 363 g/mol. The van der Waals surface area contributed by atoms with E-state index in [0.29, 0.717) is 6.61 Å². The van der Waals surface area contributed by atoms with Crippen LogP contribution in [0.15, 0.2) is 84.9 Å². The number of ether oxygens (including phenoxy) is 1. The van der Waals surface area contributed by atoms with Crippen LogP contribution < -0.4 is 0 Å². The molecule has 1 amide bonds. The molecule has 28 heavy (non-hydrogen) atoms. The van der Waals surface area contributed by atoms with Crippen molar-refractivity contribution in [1.29, 1.82) is 0 Å². The normalized spacial score (nSPS) is 16.1. The van der Waals surface area contributed by atoms with Gasteiger partial charge in [-0.1, -0.05) is 66.7 Å². The predicted molar refractivity (Wildman–Crippen MR) is 111 cm³/mol. The molecule has 0 N–H and O–H groups in total. The van der Waals surface area contributed by atoms with E-state index in [9.17, 15) is 4.79 Å². The van der Waals surface area contributed by atoms with Gasteiger partial charge < -0.3 is 4.74 Å². The lowest BCUT2D eigenvalue weighted by molar-refractivity contribution is 0.167. The Hall–Kier alpha value is -3.77. The molecule has 0 unspecified atom stereocenters. The van der Waals surface area contributed by atoms with Gasteiger partial charge in [-0.15, -0.1) is 0 Å². The topological polar surface area (TPSA) is 29.5 Å². The Labute approximate surface area is 163 Å². The Bertz CT molecular complexity index is 1250. The number of rotatable bonds is 1. The van der Waals surface area contributed by atoms with E-state index in [-0.39, 0.29) is 6.04 Å². The molecule has 1 saturated heterocycles. The van der Waals surface area contributed by atoms with Gasteiger partial charge in [0.25, 0.3) is 0 Å². The molecule has 0 bridgehead atoms. The van der Waals surface area contributed by atoms with Gasteiger partial charge in [0.15, 0.2) is 0 Å². The number of fused-ring (bicyclic) bond motifs is 2. The number of hydrogen-bond donors (Lipinski definition) is 0. The molecule has 0 spiro atoms. The number of nitrogens with zero attached hydrogens (tertiary/aromatic N) is 1. The highest BCUT2D eigenvalue weighted by atomic mass is 16.6. The second kappa shape index (κ2) is 6.75. The average Bonchev–Trinajstić information content (AvgIpc) is 3.11. The summed E-state index contributed by atoms with van der Waals surface area (Å²) in [7, 11) is 0. The van der Waals surface area contributed by atoms with Crippen LogP contribution in [0.4, 0.5) is 4.79 Å². The standard InChI is InChI=1S/C25H17NO2/c27-25-26(24(17-28-25)19-7-2-1-3-8-19)14-13-18-11-6-12-22-15-20-9-4-5-10-21(20)16-23(18)22/h1-12,15-16,24H,17H2/t24-/m0/s1. The molecule has 134 valence electrons. The summed E-state index contributed by atoms with van der Waals surface area (Å²) in [5, 5.41) is 4.59. The molecule has 5 rings (SSSR count). The summed E-state index contributed by atoms with van der Waals surface area (Å²) in [6, 6.07) is 31.4. The van der Waals surface area contributed by atoms with Crippen molar-refractivity contribution in [1.82, 2.24) is 4.90 Å². The zero-order chi connectivity index (χ0) is 18.9. The van der Waals surface area contributed by atoms with Crippen molar-refractivity contribution in [2.24, 2.45) is 0 Å². The van der Waals surface area contributed by atoms with E-state index < -0.39 is 6.09 Å². The number of carbonyl (C=O) groups is 1. The summed E-state index contributed by atoms with van der Waals surface area (Å²) in [5.74, 6) is 3.20. The first-order valence-electron chi connectivity index (χ1n) is 9.24. The van der Waals surface area contributed by atoms with Crippen molar-refractivity contribution in [2.45, 2.75) is 6.04 Å². The Morgan fingerprint density at radius 3 is 2.36 bits per heavy atom. The molecule has 1 aliphatic heterocycles. The molecular weight excluding hydrogens is 346 g/mol. The predicted octanol–water partition coefficient (Wildman–Crippen LogP) is 5.50. The zero-order valence-electron chi connectivity index (χ0n) is 15.1. The number of benzene rings is 4. The van der Waals surface area contributed by atoms with Crippen molar-refractivity contribution in [3.05, 3.63) is 96.1 Å². The van der Waals surface area contributed by atoms with Gasteiger partial charge in [0.2, 0.25) is 0 Å². The van der Waals surface area contributed by atoms with Gasteiger partial charge in [-0.3, -0.25) is 0 Å². The van der Waals surface area contributed by atoms with Gasteiger partial charge in [0, 0.05) is 11.6 Å². The summed E-state index contributed by atoms with van der Waals surface area (Å²) < 4.78 is 5.25. The third kappa shape index (κ3) is 2.86. The lowest BCUT2D eigenvalue weighted by atomic mass is 10.00. The van der Waals surface area contributed by atoms with Crippen molar-refractivity contribution < 1.29 is 9.53 Å². The summed E-state index contributed by atoms with van der Waals surface area (Å²) in [6.07, 6.45) is -0.396. The van der Waals surface area contributed by atoms with E-state index in [1.807, 2.05) is 54.6 Å². The molecule has 1 aliphatic rings. The molecule has 0 radical (unpaired) electrons. The van der Waals surface area contributed by atoms with Crippen LogP contribution >= 0.6 is 0 Å².